The van der Waals surface area contributed by atoms with E-state index in [1.165, 1.54) is 30.0 Å². The molecule has 27 heavy (non-hydrogen) atoms. The Kier molecular flexibility index (Phi) is 6.75. The molecule has 142 valence electrons. The minimum Gasteiger partial charge on any atom is -0.495 e. The number of hydrogen-bond acceptors (Lipinski definition) is 9. The lowest BCUT2D eigenvalue weighted by Crippen LogP contribution is -2.23. The second kappa shape index (κ2) is 9.25. The van der Waals surface area contributed by atoms with Crippen LogP contribution in [0.2, 0.25) is 0 Å². The highest BCUT2D eigenvalue weighted by Crippen LogP contribution is 2.36. The first-order chi connectivity index (χ1) is 13.1. The molecule has 1 amide bonds. The Morgan fingerprint density at radius 1 is 1.30 bits per heavy atom. The molecule has 7 nitrogen and oxygen atoms in total. The van der Waals surface area contributed by atoms with Crippen molar-refractivity contribution in [2.45, 2.75) is 23.7 Å². The first kappa shape index (κ1) is 19.7. The van der Waals surface area contributed by atoms with Crippen molar-refractivity contribution in [2.75, 3.05) is 18.3 Å². The number of carbonyl (C=O) groups is 1. The number of nitrogens with zero attached hydrogens (tertiary/aromatic N) is 4. The van der Waals surface area contributed by atoms with E-state index < -0.39 is 0 Å². The molecule has 0 spiro atoms. The van der Waals surface area contributed by atoms with Crippen molar-refractivity contribution < 1.29 is 13.9 Å². The number of methoxy groups -OCH3 is 1. The summed E-state index contributed by atoms with van der Waals surface area (Å²) in [6.45, 7) is 1.51. The van der Waals surface area contributed by atoms with Crippen molar-refractivity contribution in [1.29, 1.82) is 0 Å². The molecule has 0 bridgehead atoms. The highest BCUT2D eigenvalue weighted by molar-refractivity contribution is 7.98. The number of ether oxygens (including phenoxy) is 1. The Morgan fingerprint density at radius 3 is 2.85 bits per heavy atom. The Morgan fingerprint density at radius 2 is 2.11 bits per heavy atom. The zero-order valence-electron chi connectivity index (χ0n) is 15.0. The summed E-state index contributed by atoms with van der Waals surface area (Å²) in [5, 5.41) is 11.0. The van der Waals surface area contributed by atoms with Gasteiger partial charge in [-0.15, -0.1) is 21.5 Å². The van der Waals surface area contributed by atoms with Crippen LogP contribution >= 0.6 is 34.9 Å². The van der Waals surface area contributed by atoms with E-state index in [9.17, 15) is 4.79 Å². The number of hydrogen-bond donors (Lipinski definition) is 0. The molecule has 0 saturated heterocycles. The number of benzene rings is 1. The van der Waals surface area contributed by atoms with Crippen LogP contribution in [0.25, 0.3) is 0 Å². The number of thioether (sulfide) groups is 2. The summed E-state index contributed by atoms with van der Waals surface area (Å²) in [5.41, 5.74) is 1.51. The van der Waals surface area contributed by atoms with Gasteiger partial charge in [-0.1, -0.05) is 23.9 Å². The summed E-state index contributed by atoms with van der Waals surface area (Å²) >= 11 is 4.46. The summed E-state index contributed by atoms with van der Waals surface area (Å²) in [5.74, 6) is 2.37. The topological polar surface area (TPSA) is 81.4 Å². The van der Waals surface area contributed by atoms with Crippen LogP contribution in [-0.4, -0.2) is 34.5 Å². The monoisotopic (exact) mass is 422 g/mol. The van der Waals surface area contributed by atoms with Crippen LogP contribution in [0.1, 0.15) is 18.5 Å². The maximum absolute atomic E-state index is 12.3. The van der Waals surface area contributed by atoms with Crippen molar-refractivity contribution in [3.63, 3.8) is 0 Å². The van der Waals surface area contributed by atoms with Gasteiger partial charge < -0.3 is 9.15 Å². The van der Waals surface area contributed by atoms with Crippen LogP contribution in [-0.2, 0) is 16.3 Å². The standard InChI is InChI=1S/C17H18N4O3S3/c1-11(22)21(13-6-4-5-7-14(13)23-2)16-18-12(8-26-16)9-27-17-20-19-15(24-17)10-25-3/h4-8H,9-10H2,1-3H3. The Balaban J connectivity index is 1.75. The number of anilines is 2. The first-order valence-corrected chi connectivity index (χ1v) is 11.2. The van der Waals surface area contributed by atoms with Crippen molar-refractivity contribution >= 4 is 51.6 Å². The quantitative estimate of drug-likeness (QED) is 0.495. The molecule has 0 aliphatic rings. The average Bonchev–Trinajstić information content (AvgIpc) is 3.30. The molecule has 3 rings (SSSR count). The SMILES string of the molecule is COc1ccccc1N(C(C)=O)c1nc(CSc2nnc(CSC)o2)cs1. The lowest BCUT2D eigenvalue weighted by molar-refractivity contribution is -0.115. The van der Waals surface area contributed by atoms with E-state index in [2.05, 4.69) is 15.2 Å². The van der Waals surface area contributed by atoms with Gasteiger partial charge in [0.15, 0.2) is 5.13 Å². The molecule has 2 aromatic heterocycles. The van der Waals surface area contributed by atoms with Crippen LogP contribution in [0.15, 0.2) is 39.3 Å². The van der Waals surface area contributed by atoms with Gasteiger partial charge in [-0.3, -0.25) is 9.69 Å². The Bertz CT molecular complexity index is 912. The van der Waals surface area contributed by atoms with Crippen LogP contribution in [0, 0.1) is 0 Å². The normalized spacial score (nSPS) is 10.8. The van der Waals surface area contributed by atoms with E-state index in [0.29, 0.717) is 39.2 Å². The highest BCUT2D eigenvalue weighted by atomic mass is 32.2. The maximum atomic E-state index is 12.3. The fourth-order valence-corrected chi connectivity index (χ4v) is 4.32. The largest absolute Gasteiger partial charge is 0.495 e. The molecule has 0 aliphatic heterocycles. The third kappa shape index (κ3) is 4.82. The lowest BCUT2D eigenvalue weighted by atomic mass is 10.2. The molecule has 0 atom stereocenters. The van der Waals surface area contributed by atoms with E-state index in [1.807, 2.05) is 35.9 Å². The minimum atomic E-state index is -0.133. The van der Waals surface area contributed by atoms with E-state index in [1.54, 1.807) is 23.8 Å². The zero-order valence-corrected chi connectivity index (χ0v) is 17.5. The number of aromatic nitrogens is 3. The molecular weight excluding hydrogens is 404 g/mol. The first-order valence-electron chi connectivity index (χ1n) is 7.94. The summed E-state index contributed by atoms with van der Waals surface area (Å²) in [4.78, 5) is 18.4. The minimum absolute atomic E-state index is 0.133. The lowest BCUT2D eigenvalue weighted by Gasteiger charge is -2.20. The summed E-state index contributed by atoms with van der Waals surface area (Å²) < 4.78 is 10.9. The predicted molar refractivity (Wildman–Crippen MR) is 109 cm³/mol. The zero-order chi connectivity index (χ0) is 19.2. The van der Waals surface area contributed by atoms with Gasteiger partial charge in [0.1, 0.15) is 5.75 Å². The number of para-hydroxylation sites is 2. The van der Waals surface area contributed by atoms with Crippen molar-refractivity contribution in [3.8, 4) is 5.75 Å². The van der Waals surface area contributed by atoms with Crippen molar-refractivity contribution in [2.24, 2.45) is 0 Å². The summed E-state index contributed by atoms with van der Waals surface area (Å²) in [6, 6.07) is 7.37. The third-order valence-electron chi connectivity index (χ3n) is 3.43. The van der Waals surface area contributed by atoms with Crippen molar-refractivity contribution in [3.05, 3.63) is 41.2 Å². The molecule has 0 unspecified atom stereocenters. The summed E-state index contributed by atoms with van der Waals surface area (Å²) in [7, 11) is 1.58. The fourth-order valence-electron chi connectivity index (χ4n) is 2.30. The number of rotatable bonds is 8. The van der Waals surface area contributed by atoms with Gasteiger partial charge in [0, 0.05) is 18.1 Å². The van der Waals surface area contributed by atoms with E-state index in [4.69, 9.17) is 9.15 Å². The third-order valence-corrected chi connectivity index (χ3v) is 5.69. The van der Waals surface area contributed by atoms with Gasteiger partial charge in [0.2, 0.25) is 11.8 Å². The van der Waals surface area contributed by atoms with E-state index in [0.717, 1.165) is 5.69 Å². The molecule has 2 heterocycles. The molecule has 10 heteroatoms. The van der Waals surface area contributed by atoms with E-state index >= 15 is 0 Å². The molecule has 0 radical (unpaired) electrons. The number of thiazole rings is 1. The predicted octanol–water partition coefficient (Wildman–Crippen LogP) is 4.37. The van der Waals surface area contributed by atoms with Gasteiger partial charge in [0.05, 0.1) is 24.2 Å². The van der Waals surface area contributed by atoms with Gasteiger partial charge >= 0.3 is 0 Å². The highest BCUT2D eigenvalue weighted by Gasteiger charge is 2.21. The van der Waals surface area contributed by atoms with Crippen LogP contribution in [0.5, 0.6) is 5.75 Å². The average molecular weight is 423 g/mol. The second-order valence-electron chi connectivity index (χ2n) is 5.33. The molecule has 1 aromatic carbocycles. The van der Waals surface area contributed by atoms with Gasteiger partial charge in [-0.25, -0.2) is 4.98 Å². The maximum Gasteiger partial charge on any atom is 0.276 e. The van der Waals surface area contributed by atoms with Crippen molar-refractivity contribution in [1.82, 2.24) is 15.2 Å². The Labute approximate surface area is 169 Å². The molecule has 0 fully saturated rings. The molecule has 3 aromatic rings. The number of carbonyl (C=O) groups excluding carboxylic acids is 1. The van der Waals surface area contributed by atoms with Crippen LogP contribution in [0.4, 0.5) is 10.8 Å². The van der Waals surface area contributed by atoms with Crippen LogP contribution < -0.4 is 9.64 Å². The second-order valence-corrected chi connectivity index (χ2v) is 7.96. The van der Waals surface area contributed by atoms with Gasteiger partial charge in [-0.05, 0) is 18.4 Å². The molecule has 0 N–H and O–H groups in total. The fraction of sp³-hybridized carbons (Fsp3) is 0.294. The summed E-state index contributed by atoms with van der Waals surface area (Å²) in [6.07, 6.45) is 1.98. The molecule has 0 aliphatic carbocycles. The van der Waals surface area contributed by atoms with Crippen LogP contribution in [0.3, 0.4) is 0 Å². The van der Waals surface area contributed by atoms with Gasteiger partial charge in [0.25, 0.3) is 5.22 Å². The molecular formula is C17H18N4O3S3. The Hall–Kier alpha value is -2.04. The number of amides is 1. The van der Waals surface area contributed by atoms with E-state index in [-0.39, 0.29) is 5.91 Å². The smallest absolute Gasteiger partial charge is 0.276 e. The van der Waals surface area contributed by atoms with Gasteiger partial charge in [-0.2, -0.15) is 11.8 Å². The molecule has 0 saturated carbocycles.